The molecule has 5 nitrogen and oxygen atoms in total. The summed E-state index contributed by atoms with van der Waals surface area (Å²) in [6, 6.07) is 0.463. The molecule has 1 aromatic heterocycles. The van der Waals surface area contributed by atoms with Crippen molar-refractivity contribution < 1.29 is 9.53 Å². The molecule has 21 heavy (non-hydrogen) atoms. The third kappa shape index (κ3) is 4.97. The number of aryl methyl sites for hydroxylation is 1. The molecule has 1 aliphatic heterocycles. The number of piperidine rings is 1. The third-order valence-corrected chi connectivity index (χ3v) is 4.48. The van der Waals surface area contributed by atoms with Gasteiger partial charge in [0.25, 0.3) is 0 Å². The molecule has 1 fully saturated rings. The lowest BCUT2D eigenvalue weighted by Gasteiger charge is -2.33. The summed E-state index contributed by atoms with van der Waals surface area (Å²) in [4.78, 5) is 19.3. The number of likely N-dealkylation sites (tertiary alicyclic amines) is 1. The van der Waals surface area contributed by atoms with E-state index in [1.54, 1.807) is 16.2 Å². The number of hydrogen-bond donors (Lipinski definition) is 1. The van der Waals surface area contributed by atoms with E-state index in [0.29, 0.717) is 6.04 Å². The van der Waals surface area contributed by atoms with Gasteiger partial charge in [-0.1, -0.05) is 0 Å². The summed E-state index contributed by atoms with van der Waals surface area (Å²) < 4.78 is 5.41. The fourth-order valence-corrected chi connectivity index (χ4v) is 3.05. The van der Waals surface area contributed by atoms with Gasteiger partial charge in [0, 0.05) is 30.6 Å². The molecule has 0 aromatic carbocycles. The summed E-state index contributed by atoms with van der Waals surface area (Å²) in [5.74, 6) is 0. The van der Waals surface area contributed by atoms with Gasteiger partial charge in [0.05, 0.1) is 11.2 Å². The number of nitrogens with zero attached hydrogens (tertiary/aromatic N) is 2. The van der Waals surface area contributed by atoms with Crippen LogP contribution in [0.4, 0.5) is 4.79 Å². The summed E-state index contributed by atoms with van der Waals surface area (Å²) in [6.45, 7) is 10.1. The van der Waals surface area contributed by atoms with Crippen LogP contribution >= 0.6 is 11.3 Å². The number of ether oxygens (including phenoxy) is 1. The van der Waals surface area contributed by atoms with Crippen LogP contribution in [0.5, 0.6) is 0 Å². The molecule has 0 radical (unpaired) electrons. The molecule has 0 saturated carbocycles. The normalized spacial score (nSPS) is 17.0. The van der Waals surface area contributed by atoms with Crippen LogP contribution in [0, 0.1) is 6.92 Å². The fourth-order valence-electron chi connectivity index (χ4n) is 2.33. The number of carbonyl (C=O) groups excluding carboxylic acids is 1. The second-order valence-electron chi connectivity index (χ2n) is 6.48. The van der Waals surface area contributed by atoms with E-state index in [0.717, 1.165) is 38.2 Å². The second kappa shape index (κ2) is 6.75. The Morgan fingerprint density at radius 1 is 1.48 bits per heavy atom. The molecule has 0 bridgehead atoms. The van der Waals surface area contributed by atoms with E-state index < -0.39 is 5.60 Å². The second-order valence-corrected chi connectivity index (χ2v) is 7.42. The first-order valence-corrected chi connectivity index (χ1v) is 8.33. The minimum atomic E-state index is -0.421. The maximum absolute atomic E-state index is 12.0. The Balaban J connectivity index is 1.73. The smallest absolute Gasteiger partial charge is 0.410 e. The molecule has 6 heteroatoms. The molecule has 2 rings (SSSR count). The topological polar surface area (TPSA) is 54.5 Å². The van der Waals surface area contributed by atoms with Crippen LogP contribution in [0.15, 0.2) is 5.51 Å². The van der Waals surface area contributed by atoms with Gasteiger partial charge in [-0.25, -0.2) is 9.78 Å². The summed E-state index contributed by atoms with van der Waals surface area (Å²) in [5.41, 5.74) is 2.58. The highest BCUT2D eigenvalue weighted by molar-refractivity contribution is 7.09. The highest BCUT2D eigenvalue weighted by Gasteiger charge is 2.26. The Bertz CT molecular complexity index is 474. The van der Waals surface area contributed by atoms with Crippen LogP contribution < -0.4 is 5.32 Å². The molecular weight excluding hydrogens is 286 g/mol. The summed E-state index contributed by atoms with van der Waals surface area (Å²) >= 11 is 1.69. The molecule has 0 unspecified atom stereocenters. The van der Waals surface area contributed by atoms with E-state index in [4.69, 9.17) is 4.74 Å². The van der Waals surface area contributed by atoms with E-state index in [2.05, 4.69) is 10.3 Å². The van der Waals surface area contributed by atoms with Crippen molar-refractivity contribution in [3.63, 3.8) is 0 Å². The van der Waals surface area contributed by atoms with E-state index in [9.17, 15) is 4.79 Å². The third-order valence-electron chi connectivity index (χ3n) is 3.54. The first kappa shape index (κ1) is 16.2. The molecule has 0 spiro atoms. The Morgan fingerprint density at radius 2 is 2.14 bits per heavy atom. The maximum Gasteiger partial charge on any atom is 0.410 e. The number of nitrogens with one attached hydrogen (secondary N) is 1. The summed E-state index contributed by atoms with van der Waals surface area (Å²) in [7, 11) is 0. The zero-order chi connectivity index (χ0) is 15.5. The lowest BCUT2D eigenvalue weighted by atomic mass is 10.1. The van der Waals surface area contributed by atoms with Crippen LogP contribution in [0.25, 0.3) is 0 Å². The van der Waals surface area contributed by atoms with Gasteiger partial charge >= 0.3 is 6.09 Å². The van der Waals surface area contributed by atoms with Gasteiger partial charge in [-0.15, -0.1) is 11.3 Å². The lowest BCUT2D eigenvalue weighted by Crippen LogP contribution is -2.46. The molecule has 1 amide bonds. The quantitative estimate of drug-likeness (QED) is 0.932. The molecule has 0 aliphatic carbocycles. The summed E-state index contributed by atoms with van der Waals surface area (Å²) in [6.07, 6.45) is 1.74. The number of aromatic nitrogens is 1. The van der Waals surface area contributed by atoms with E-state index >= 15 is 0 Å². The lowest BCUT2D eigenvalue weighted by molar-refractivity contribution is 0.0198. The zero-order valence-corrected chi connectivity index (χ0v) is 14.1. The zero-order valence-electron chi connectivity index (χ0n) is 13.3. The van der Waals surface area contributed by atoms with Gasteiger partial charge in [-0.05, 0) is 40.5 Å². The van der Waals surface area contributed by atoms with Gasteiger partial charge in [-0.3, -0.25) is 0 Å². The molecule has 1 aliphatic rings. The molecule has 0 atom stereocenters. The van der Waals surface area contributed by atoms with Gasteiger partial charge < -0.3 is 15.0 Å². The van der Waals surface area contributed by atoms with Crippen molar-refractivity contribution in [3.8, 4) is 0 Å². The number of rotatable bonds is 3. The number of carbonyl (C=O) groups is 1. The highest BCUT2D eigenvalue weighted by atomic mass is 32.1. The van der Waals surface area contributed by atoms with Crippen LogP contribution in [0.3, 0.4) is 0 Å². The average Bonchev–Trinajstić information content (AvgIpc) is 2.80. The van der Waals surface area contributed by atoms with Gasteiger partial charge in [0.15, 0.2) is 0 Å². The van der Waals surface area contributed by atoms with Gasteiger partial charge in [0.1, 0.15) is 5.60 Å². The minimum Gasteiger partial charge on any atom is -0.444 e. The van der Waals surface area contributed by atoms with E-state index in [-0.39, 0.29) is 6.09 Å². The molecular formula is C15H25N3O2S. The summed E-state index contributed by atoms with van der Waals surface area (Å²) in [5, 5.41) is 3.56. The van der Waals surface area contributed by atoms with Crippen LogP contribution in [0.2, 0.25) is 0 Å². The monoisotopic (exact) mass is 311 g/mol. The Kier molecular flexibility index (Phi) is 5.22. The van der Waals surface area contributed by atoms with E-state index in [1.165, 1.54) is 4.88 Å². The van der Waals surface area contributed by atoms with Crippen molar-refractivity contribution in [1.29, 1.82) is 0 Å². The van der Waals surface area contributed by atoms with Crippen LogP contribution in [0.1, 0.15) is 44.2 Å². The number of thiazole rings is 1. The van der Waals surface area contributed by atoms with Gasteiger partial charge in [0.2, 0.25) is 0 Å². The fraction of sp³-hybridized carbons (Fsp3) is 0.733. The molecule has 2 heterocycles. The minimum absolute atomic E-state index is 0.195. The Labute approximate surface area is 130 Å². The number of hydrogen-bond acceptors (Lipinski definition) is 5. The molecule has 118 valence electrons. The highest BCUT2D eigenvalue weighted by Crippen LogP contribution is 2.17. The van der Waals surface area contributed by atoms with Crippen molar-refractivity contribution in [1.82, 2.24) is 15.2 Å². The first-order valence-electron chi connectivity index (χ1n) is 7.45. The predicted octanol–water partition coefficient (Wildman–Crippen LogP) is 2.94. The van der Waals surface area contributed by atoms with Crippen LogP contribution in [-0.4, -0.2) is 40.7 Å². The van der Waals surface area contributed by atoms with Crippen molar-refractivity contribution in [3.05, 3.63) is 16.1 Å². The Morgan fingerprint density at radius 3 is 2.67 bits per heavy atom. The van der Waals surface area contributed by atoms with E-state index in [1.807, 2.05) is 33.2 Å². The van der Waals surface area contributed by atoms with Crippen molar-refractivity contribution in [2.45, 2.75) is 58.7 Å². The van der Waals surface area contributed by atoms with Crippen molar-refractivity contribution in [2.75, 3.05) is 13.1 Å². The standard InChI is InChI=1S/C15H25N3O2S/c1-11-13(21-10-17-11)9-16-12-5-7-18(8-6-12)14(19)20-15(2,3)4/h10,12,16H,5-9H2,1-4H3. The first-order chi connectivity index (χ1) is 9.85. The van der Waals surface area contributed by atoms with Crippen molar-refractivity contribution in [2.24, 2.45) is 0 Å². The van der Waals surface area contributed by atoms with Crippen LogP contribution in [-0.2, 0) is 11.3 Å². The predicted molar refractivity (Wildman–Crippen MR) is 84.5 cm³/mol. The maximum atomic E-state index is 12.0. The molecule has 1 N–H and O–H groups in total. The Hall–Kier alpha value is -1.14. The molecule has 1 aromatic rings. The molecule has 1 saturated heterocycles. The average molecular weight is 311 g/mol. The number of amides is 1. The van der Waals surface area contributed by atoms with Gasteiger partial charge in [-0.2, -0.15) is 0 Å². The SMILES string of the molecule is Cc1ncsc1CNC1CCN(C(=O)OC(C)(C)C)CC1. The van der Waals surface area contributed by atoms with Crippen molar-refractivity contribution >= 4 is 17.4 Å². The largest absolute Gasteiger partial charge is 0.444 e.